The van der Waals surface area contributed by atoms with Crippen LogP contribution in [0.5, 0.6) is 0 Å². The van der Waals surface area contributed by atoms with Gasteiger partial charge in [0.1, 0.15) is 16.5 Å². The number of alkyl halides is 6. The van der Waals surface area contributed by atoms with Crippen LogP contribution in [0.3, 0.4) is 0 Å². The van der Waals surface area contributed by atoms with Crippen molar-refractivity contribution in [3.63, 3.8) is 0 Å². The average molecular weight is 621 g/mol. The molecule has 1 aliphatic carbocycles. The van der Waals surface area contributed by atoms with E-state index in [2.05, 4.69) is 4.98 Å². The van der Waals surface area contributed by atoms with E-state index >= 15 is 0 Å². The molecule has 1 saturated carbocycles. The van der Waals surface area contributed by atoms with E-state index in [0.29, 0.717) is 19.0 Å². The zero-order valence-electron chi connectivity index (χ0n) is 23.1. The fraction of sp³-hybridized carbons (Fsp3) is 0.667. The van der Waals surface area contributed by atoms with Gasteiger partial charge >= 0.3 is 18.4 Å². The Hall–Kier alpha value is -2.81. The summed E-state index contributed by atoms with van der Waals surface area (Å²) in [5.74, 6) is -0.749. The van der Waals surface area contributed by atoms with Crippen molar-refractivity contribution in [2.75, 3.05) is 31.1 Å². The van der Waals surface area contributed by atoms with Gasteiger partial charge in [-0.25, -0.2) is 9.78 Å². The molecule has 2 aromatic heterocycles. The lowest BCUT2D eigenvalue weighted by molar-refractivity contribution is -0.154. The number of carbonyl (C=O) groups is 2. The second kappa shape index (κ2) is 9.34. The van der Waals surface area contributed by atoms with E-state index in [9.17, 15) is 41.0 Å². The van der Waals surface area contributed by atoms with Gasteiger partial charge in [0.2, 0.25) is 5.91 Å². The van der Waals surface area contributed by atoms with Crippen LogP contribution in [-0.2, 0) is 22.1 Å². The summed E-state index contributed by atoms with van der Waals surface area (Å²) < 4.78 is 86.3. The molecule has 42 heavy (non-hydrogen) atoms. The zero-order chi connectivity index (χ0) is 30.6. The molecule has 0 aromatic carbocycles. The predicted octanol–water partition coefficient (Wildman–Crippen LogP) is 4.83. The minimum Gasteiger partial charge on any atom is -0.444 e. The Balaban J connectivity index is 1.18. The Morgan fingerprint density at radius 3 is 2.36 bits per heavy atom. The number of ether oxygens (including phenoxy) is 1. The SMILES string of the molecule is CC(C)(C)OC(=O)N1[C@H]2C[C@H]([C@H](O)C2)[C@H]1C(=O)N1CC2(C1)CN(c1c(C(F)(F)F)cnc3sc(CC(F)(F)F)cc13)C2. The molecule has 5 heterocycles. The summed E-state index contributed by atoms with van der Waals surface area (Å²) in [4.78, 5) is 34.9. The maximum atomic E-state index is 14.0. The van der Waals surface area contributed by atoms with Crippen molar-refractivity contribution in [2.24, 2.45) is 11.3 Å². The van der Waals surface area contributed by atoms with Crippen molar-refractivity contribution in [1.82, 2.24) is 14.8 Å². The maximum Gasteiger partial charge on any atom is 0.419 e. The van der Waals surface area contributed by atoms with E-state index in [0.717, 1.165) is 17.4 Å². The molecule has 4 fully saturated rings. The topological polar surface area (TPSA) is 86.2 Å². The number of nitrogens with zero attached hydrogens (tertiary/aromatic N) is 4. The average Bonchev–Trinajstić information content (AvgIpc) is 3.45. The van der Waals surface area contributed by atoms with E-state index in [1.165, 1.54) is 9.80 Å². The van der Waals surface area contributed by atoms with E-state index in [1.807, 2.05) is 0 Å². The highest BCUT2D eigenvalue weighted by atomic mass is 32.1. The second-order valence-corrected chi connectivity index (χ2v) is 14.1. The third-order valence-electron chi connectivity index (χ3n) is 8.51. The molecule has 0 radical (unpaired) electrons. The van der Waals surface area contributed by atoms with Crippen molar-refractivity contribution in [3.05, 3.63) is 22.7 Å². The van der Waals surface area contributed by atoms with Crippen LogP contribution in [0.2, 0.25) is 0 Å². The Morgan fingerprint density at radius 1 is 1.10 bits per heavy atom. The van der Waals surface area contributed by atoms with Gasteiger partial charge in [-0.1, -0.05) is 0 Å². The number of hydrogen-bond donors (Lipinski definition) is 1. The molecule has 4 aliphatic rings. The highest BCUT2D eigenvalue weighted by Gasteiger charge is 2.61. The summed E-state index contributed by atoms with van der Waals surface area (Å²) >= 11 is 0.718. The third-order valence-corrected chi connectivity index (χ3v) is 9.55. The first-order valence-electron chi connectivity index (χ1n) is 13.6. The molecule has 3 aliphatic heterocycles. The molecule has 230 valence electrons. The number of halogens is 6. The van der Waals surface area contributed by atoms with Gasteiger partial charge < -0.3 is 19.6 Å². The number of aliphatic hydroxyl groups excluding tert-OH is 1. The van der Waals surface area contributed by atoms with Gasteiger partial charge in [-0.2, -0.15) is 26.3 Å². The zero-order valence-corrected chi connectivity index (χ0v) is 23.9. The number of aromatic nitrogens is 1. The smallest absolute Gasteiger partial charge is 0.419 e. The van der Waals surface area contributed by atoms with E-state index in [4.69, 9.17) is 4.74 Å². The summed E-state index contributed by atoms with van der Waals surface area (Å²) in [5.41, 5.74) is -2.46. The molecule has 2 amide bonds. The standard InChI is InChI=1S/C27H30F6N4O4S/c1-24(2,3)41-23(40)37-13-4-15(18(38)5-13)20(37)22(39)36-11-25(12-36)9-35(10-25)19-16-6-14(7-26(28,29)30)42-21(16)34-8-17(19)27(31,32)33/h6,8,13,15,18,20,38H,4-5,7,9-12H2,1-3H3/t13-,15+,18+,20-/m0/s1. The van der Waals surface area contributed by atoms with Crippen molar-refractivity contribution < 1.29 is 45.8 Å². The number of anilines is 1. The van der Waals surface area contributed by atoms with Gasteiger partial charge in [-0.3, -0.25) is 9.69 Å². The summed E-state index contributed by atoms with van der Waals surface area (Å²) in [5, 5.41) is 10.5. The molecular formula is C27H30F6N4O4S. The number of likely N-dealkylation sites (tertiary alicyclic amines) is 2. The van der Waals surface area contributed by atoms with E-state index in [1.54, 1.807) is 25.7 Å². The van der Waals surface area contributed by atoms with Crippen molar-refractivity contribution in [1.29, 1.82) is 0 Å². The van der Waals surface area contributed by atoms with E-state index in [-0.39, 0.29) is 58.9 Å². The van der Waals surface area contributed by atoms with Crippen molar-refractivity contribution >= 4 is 39.2 Å². The van der Waals surface area contributed by atoms with Crippen LogP contribution in [0, 0.1) is 11.3 Å². The minimum absolute atomic E-state index is 0.0279. The number of thiophene rings is 1. The number of carbonyl (C=O) groups excluding carboxylic acids is 2. The van der Waals surface area contributed by atoms with Crippen LogP contribution >= 0.6 is 11.3 Å². The Labute approximate surface area is 241 Å². The molecule has 1 spiro atoms. The summed E-state index contributed by atoms with van der Waals surface area (Å²) in [6.07, 6.45) is -10.4. The van der Waals surface area contributed by atoms with Gasteiger partial charge in [0.15, 0.2) is 0 Å². The highest BCUT2D eigenvalue weighted by molar-refractivity contribution is 7.18. The van der Waals surface area contributed by atoms with Crippen LogP contribution in [0.15, 0.2) is 12.3 Å². The Bertz CT molecular complexity index is 1420. The molecule has 3 saturated heterocycles. The molecule has 2 bridgehead atoms. The first-order chi connectivity index (χ1) is 19.3. The molecule has 1 N–H and O–H groups in total. The van der Waals surface area contributed by atoms with Gasteiger partial charge in [0.05, 0.1) is 23.8 Å². The Morgan fingerprint density at radius 2 is 1.76 bits per heavy atom. The number of aliphatic hydroxyl groups is 1. The maximum absolute atomic E-state index is 14.0. The normalized spacial score (nSPS) is 27.0. The molecule has 15 heteroatoms. The number of hydrogen-bond acceptors (Lipinski definition) is 7. The quantitative estimate of drug-likeness (QED) is 0.496. The number of pyridine rings is 1. The summed E-state index contributed by atoms with van der Waals surface area (Å²) in [7, 11) is 0. The number of piperidine rings is 1. The first-order valence-corrected chi connectivity index (χ1v) is 14.4. The van der Waals surface area contributed by atoms with Crippen molar-refractivity contribution in [3.8, 4) is 0 Å². The van der Waals surface area contributed by atoms with Crippen molar-refractivity contribution in [2.45, 2.75) is 76.2 Å². The molecule has 0 unspecified atom stereocenters. The fourth-order valence-corrected chi connectivity index (χ4v) is 8.02. The summed E-state index contributed by atoms with van der Waals surface area (Å²) in [6, 6.07) is -0.0548. The van der Waals surface area contributed by atoms with Crippen LogP contribution in [-0.4, -0.2) is 88.0 Å². The monoisotopic (exact) mass is 620 g/mol. The lowest BCUT2D eigenvalue weighted by Gasteiger charge is -2.61. The lowest BCUT2D eigenvalue weighted by atomic mass is 9.71. The van der Waals surface area contributed by atoms with Gasteiger partial charge in [-0.15, -0.1) is 11.3 Å². The van der Waals surface area contributed by atoms with Gasteiger partial charge in [0, 0.05) is 60.0 Å². The first kappa shape index (κ1) is 29.3. The third kappa shape index (κ3) is 5.05. The minimum atomic E-state index is -4.76. The fourth-order valence-electron chi connectivity index (χ4n) is 6.99. The molecule has 6 rings (SSSR count). The van der Waals surface area contributed by atoms with E-state index < -0.39 is 59.5 Å². The number of fused-ring (bicyclic) bond motifs is 3. The Kier molecular flexibility index (Phi) is 6.51. The van der Waals surface area contributed by atoms with Gasteiger partial charge in [0.25, 0.3) is 0 Å². The molecular weight excluding hydrogens is 590 g/mol. The predicted molar refractivity (Wildman–Crippen MR) is 140 cm³/mol. The lowest BCUT2D eigenvalue weighted by Crippen LogP contribution is -2.75. The molecule has 8 nitrogen and oxygen atoms in total. The summed E-state index contributed by atoms with van der Waals surface area (Å²) in [6.45, 7) is 6.04. The number of amides is 2. The van der Waals surface area contributed by atoms with Gasteiger partial charge in [-0.05, 0) is 39.7 Å². The van der Waals surface area contributed by atoms with Crippen LogP contribution in [0.1, 0.15) is 44.1 Å². The highest BCUT2D eigenvalue weighted by Crippen LogP contribution is 2.50. The largest absolute Gasteiger partial charge is 0.444 e. The molecule has 4 atom stereocenters. The molecule has 2 aromatic rings. The number of rotatable bonds is 3. The van der Waals surface area contributed by atoms with Crippen LogP contribution in [0.4, 0.5) is 36.8 Å². The van der Waals surface area contributed by atoms with Crippen LogP contribution in [0.25, 0.3) is 10.2 Å². The van der Waals surface area contributed by atoms with Crippen LogP contribution < -0.4 is 4.90 Å². The second-order valence-electron chi connectivity index (χ2n) is 13.0.